The first kappa shape index (κ1) is 12.7. The van der Waals surface area contributed by atoms with E-state index in [0.29, 0.717) is 5.92 Å². The fraction of sp³-hybridized carbons (Fsp3) is 0.500. The molecule has 0 bridgehead atoms. The summed E-state index contributed by atoms with van der Waals surface area (Å²) in [4.78, 5) is 14.0. The van der Waals surface area contributed by atoms with Crippen LogP contribution in [0, 0.1) is 5.92 Å². The minimum atomic E-state index is -0.196. The van der Waals surface area contributed by atoms with Crippen molar-refractivity contribution in [3.05, 3.63) is 23.8 Å². The molecule has 0 radical (unpaired) electrons. The van der Waals surface area contributed by atoms with Crippen LogP contribution in [0.25, 0.3) is 0 Å². The monoisotopic (exact) mass is 249 g/mol. The minimum absolute atomic E-state index is 0.000376. The van der Waals surface area contributed by atoms with Crippen LogP contribution in [0.4, 0.5) is 0 Å². The van der Waals surface area contributed by atoms with Gasteiger partial charge in [-0.1, -0.05) is 13.3 Å². The van der Waals surface area contributed by atoms with E-state index in [0.717, 1.165) is 32.4 Å². The van der Waals surface area contributed by atoms with Crippen molar-refractivity contribution in [2.45, 2.75) is 26.2 Å². The zero-order valence-corrected chi connectivity index (χ0v) is 10.6. The van der Waals surface area contributed by atoms with Gasteiger partial charge in [-0.15, -0.1) is 0 Å². The molecule has 1 saturated heterocycles. The Hall–Kier alpha value is -1.71. The Bertz CT molecular complexity index is 437. The molecule has 1 aromatic carbocycles. The third-order valence-electron chi connectivity index (χ3n) is 3.69. The molecule has 0 saturated carbocycles. The second-order valence-corrected chi connectivity index (χ2v) is 4.85. The summed E-state index contributed by atoms with van der Waals surface area (Å²) in [6, 6.07) is 4.04. The Morgan fingerprint density at radius 3 is 2.61 bits per heavy atom. The summed E-state index contributed by atoms with van der Waals surface area (Å²) < 4.78 is 0. The van der Waals surface area contributed by atoms with E-state index in [1.54, 1.807) is 4.90 Å². The van der Waals surface area contributed by atoms with E-state index in [1.807, 2.05) is 0 Å². The lowest BCUT2D eigenvalue weighted by Gasteiger charge is -2.31. The van der Waals surface area contributed by atoms with Gasteiger partial charge in [-0.3, -0.25) is 4.79 Å². The zero-order valence-electron chi connectivity index (χ0n) is 10.6. The average molecular weight is 249 g/mol. The van der Waals surface area contributed by atoms with E-state index in [-0.39, 0.29) is 23.0 Å². The molecule has 1 aromatic rings. The van der Waals surface area contributed by atoms with Crippen molar-refractivity contribution >= 4 is 5.91 Å². The molecule has 1 aliphatic heterocycles. The number of carbonyl (C=O) groups excluding carboxylic acids is 1. The third kappa shape index (κ3) is 2.58. The van der Waals surface area contributed by atoms with Crippen LogP contribution in [-0.4, -0.2) is 34.1 Å². The Kier molecular flexibility index (Phi) is 3.75. The van der Waals surface area contributed by atoms with Gasteiger partial charge in [0.1, 0.15) is 11.5 Å². The van der Waals surface area contributed by atoms with Gasteiger partial charge in [-0.2, -0.15) is 0 Å². The summed E-state index contributed by atoms with van der Waals surface area (Å²) in [7, 11) is 0. The smallest absolute Gasteiger partial charge is 0.257 e. The highest BCUT2D eigenvalue weighted by Gasteiger charge is 2.24. The van der Waals surface area contributed by atoms with Crippen molar-refractivity contribution in [3.8, 4) is 11.5 Å². The van der Waals surface area contributed by atoms with Crippen molar-refractivity contribution in [2.75, 3.05) is 13.1 Å². The van der Waals surface area contributed by atoms with E-state index < -0.39 is 0 Å². The van der Waals surface area contributed by atoms with E-state index in [2.05, 4.69) is 6.92 Å². The molecule has 98 valence electrons. The van der Waals surface area contributed by atoms with Crippen LogP contribution in [0.2, 0.25) is 0 Å². The number of nitrogens with zero attached hydrogens (tertiary/aromatic N) is 1. The minimum Gasteiger partial charge on any atom is -0.508 e. The Morgan fingerprint density at radius 1 is 1.33 bits per heavy atom. The fourth-order valence-corrected chi connectivity index (χ4v) is 2.41. The van der Waals surface area contributed by atoms with Crippen LogP contribution in [0.3, 0.4) is 0 Å². The summed E-state index contributed by atoms with van der Waals surface area (Å²) in [5.41, 5.74) is 0.185. The average Bonchev–Trinajstić information content (AvgIpc) is 2.41. The number of amides is 1. The van der Waals surface area contributed by atoms with Crippen LogP contribution >= 0.6 is 0 Å². The lowest BCUT2D eigenvalue weighted by molar-refractivity contribution is 0.0685. The first-order valence-electron chi connectivity index (χ1n) is 6.43. The maximum Gasteiger partial charge on any atom is 0.257 e. The molecular formula is C14H19NO3. The van der Waals surface area contributed by atoms with Gasteiger partial charge >= 0.3 is 0 Å². The number of hydrogen-bond donors (Lipinski definition) is 2. The molecule has 4 nitrogen and oxygen atoms in total. The number of hydrogen-bond acceptors (Lipinski definition) is 3. The Balaban J connectivity index is 2.10. The molecule has 0 spiro atoms. The second-order valence-electron chi connectivity index (χ2n) is 4.85. The normalized spacial score (nSPS) is 16.8. The van der Waals surface area contributed by atoms with E-state index >= 15 is 0 Å². The second kappa shape index (κ2) is 5.29. The molecule has 2 N–H and O–H groups in total. The van der Waals surface area contributed by atoms with Crippen LogP contribution in [0.1, 0.15) is 36.5 Å². The van der Waals surface area contributed by atoms with Crippen molar-refractivity contribution in [2.24, 2.45) is 5.92 Å². The zero-order chi connectivity index (χ0) is 13.1. The standard InChI is InChI=1S/C14H19NO3/c1-2-10-5-7-15(8-6-10)14(18)12-9-11(16)3-4-13(12)17/h3-4,9-10,16-17H,2,5-8H2,1H3. The predicted molar refractivity (Wildman–Crippen MR) is 68.7 cm³/mol. The van der Waals surface area contributed by atoms with Gasteiger partial charge in [0.25, 0.3) is 5.91 Å². The molecule has 1 heterocycles. The first-order chi connectivity index (χ1) is 8.61. The maximum atomic E-state index is 12.2. The molecule has 1 aliphatic rings. The summed E-state index contributed by atoms with van der Waals surface area (Å²) >= 11 is 0. The van der Waals surface area contributed by atoms with Gasteiger partial charge in [0.05, 0.1) is 5.56 Å². The molecular weight excluding hydrogens is 230 g/mol. The van der Waals surface area contributed by atoms with Gasteiger partial charge in [0, 0.05) is 13.1 Å². The van der Waals surface area contributed by atoms with Crippen molar-refractivity contribution in [1.82, 2.24) is 4.90 Å². The number of piperidine rings is 1. The first-order valence-corrected chi connectivity index (χ1v) is 6.43. The molecule has 0 atom stereocenters. The molecule has 18 heavy (non-hydrogen) atoms. The van der Waals surface area contributed by atoms with Crippen LogP contribution in [0.5, 0.6) is 11.5 Å². The Morgan fingerprint density at radius 2 is 2.00 bits per heavy atom. The molecule has 2 rings (SSSR count). The topological polar surface area (TPSA) is 60.8 Å². The number of phenols is 2. The van der Waals surface area contributed by atoms with Crippen molar-refractivity contribution in [1.29, 1.82) is 0 Å². The molecule has 0 aromatic heterocycles. The summed E-state index contributed by atoms with van der Waals surface area (Å²) in [6.07, 6.45) is 3.18. The Labute approximate surface area is 107 Å². The molecule has 1 amide bonds. The number of carbonyl (C=O) groups is 1. The van der Waals surface area contributed by atoms with Gasteiger partial charge in [0.15, 0.2) is 0 Å². The summed E-state index contributed by atoms with van der Waals surface area (Å²) in [6.45, 7) is 3.63. The highest BCUT2D eigenvalue weighted by Crippen LogP contribution is 2.26. The number of aromatic hydroxyl groups is 2. The van der Waals surface area contributed by atoms with E-state index in [4.69, 9.17) is 0 Å². The molecule has 4 heteroatoms. The van der Waals surface area contributed by atoms with Crippen molar-refractivity contribution < 1.29 is 15.0 Å². The van der Waals surface area contributed by atoms with Crippen LogP contribution in [0.15, 0.2) is 18.2 Å². The SMILES string of the molecule is CCC1CCN(C(=O)c2cc(O)ccc2O)CC1. The quantitative estimate of drug-likeness (QED) is 0.791. The lowest BCUT2D eigenvalue weighted by Crippen LogP contribution is -2.38. The number of likely N-dealkylation sites (tertiary alicyclic amines) is 1. The van der Waals surface area contributed by atoms with E-state index in [9.17, 15) is 15.0 Å². The third-order valence-corrected chi connectivity index (χ3v) is 3.69. The molecule has 1 fully saturated rings. The highest BCUT2D eigenvalue weighted by atomic mass is 16.3. The maximum absolute atomic E-state index is 12.2. The van der Waals surface area contributed by atoms with Crippen LogP contribution in [-0.2, 0) is 0 Å². The number of phenolic OH excluding ortho intramolecular Hbond substituents is 2. The molecule has 0 aliphatic carbocycles. The van der Waals surface area contributed by atoms with Gasteiger partial charge in [-0.25, -0.2) is 0 Å². The number of benzene rings is 1. The molecule has 0 unspecified atom stereocenters. The van der Waals surface area contributed by atoms with Gasteiger partial charge in [-0.05, 0) is 37.0 Å². The predicted octanol–water partition coefficient (Wildman–Crippen LogP) is 2.36. The summed E-state index contributed by atoms with van der Waals surface area (Å²) in [5.74, 6) is 0.430. The van der Waals surface area contributed by atoms with Crippen LogP contribution < -0.4 is 0 Å². The van der Waals surface area contributed by atoms with E-state index in [1.165, 1.54) is 18.2 Å². The highest BCUT2D eigenvalue weighted by molar-refractivity contribution is 5.97. The fourth-order valence-electron chi connectivity index (χ4n) is 2.41. The van der Waals surface area contributed by atoms with Gasteiger partial charge in [0.2, 0.25) is 0 Å². The summed E-state index contributed by atoms with van der Waals surface area (Å²) in [5, 5.41) is 19.1. The van der Waals surface area contributed by atoms with Crippen molar-refractivity contribution in [3.63, 3.8) is 0 Å². The lowest BCUT2D eigenvalue weighted by atomic mass is 9.94. The largest absolute Gasteiger partial charge is 0.508 e. The van der Waals surface area contributed by atoms with Gasteiger partial charge < -0.3 is 15.1 Å². The number of rotatable bonds is 2.